The Kier molecular flexibility index (Phi) is 17.6. The predicted molar refractivity (Wildman–Crippen MR) is 112 cm³/mol. The van der Waals surface area contributed by atoms with Gasteiger partial charge in [0.2, 0.25) is 0 Å². The first-order valence-electron chi connectivity index (χ1n) is 8.38. The number of rotatable bonds is 2. The molecule has 0 aromatic rings. The van der Waals surface area contributed by atoms with Crippen molar-refractivity contribution in [2.45, 2.75) is 87.0 Å². The summed E-state index contributed by atoms with van der Waals surface area (Å²) in [7, 11) is 8.22. The third kappa shape index (κ3) is 11.8. The van der Waals surface area contributed by atoms with Crippen molar-refractivity contribution in [3.05, 3.63) is 9.81 Å². The van der Waals surface area contributed by atoms with Gasteiger partial charge in [-0.25, -0.2) is 0 Å². The van der Waals surface area contributed by atoms with E-state index in [1.807, 2.05) is 0 Å². The van der Waals surface area contributed by atoms with Crippen LogP contribution in [-0.2, 0) is 0 Å². The van der Waals surface area contributed by atoms with Gasteiger partial charge in [0.25, 0.3) is 0 Å². The first-order valence-corrected chi connectivity index (χ1v) is 10.3. The molecule has 0 radical (unpaired) electrons. The zero-order valence-corrected chi connectivity index (χ0v) is 18.4. The minimum absolute atomic E-state index is 0. The van der Waals surface area contributed by atoms with Crippen LogP contribution in [0.1, 0.15) is 77.0 Å². The SMILES string of the molecule is Cl.ClCl.O=NC1(Cl)CCCC1.O=NC1(Cl)CCCC1.ON=C1CCCC1. The molecular weight excluding hydrogens is 447 g/mol. The monoisotopic (exact) mass is 471 g/mol. The highest BCUT2D eigenvalue weighted by Crippen LogP contribution is 2.37. The second kappa shape index (κ2) is 16.1. The Morgan fingerprint density at radius 3 is 1.19 bits per heavy atom. The number of hydrogen-bond donors (Lipinski definition) is 1. The molecule has 154 valence electrons. The van der Waals surface area contributed by atoms with Gasteiger partial charge in [0.1, 0.15) is 0 Å². The van der Waals surface area contributed by atoms with Crippen molar-refractivity contribution in [2.75, 3.05) is 0 Å². The molecule has 3 saturated carbocycles. The topological polar surface area (TPSA) is 91.5 Å². The van der Waals surface area contributed by atoms with Gasteiger partial charge in [0.05, 0.1) is 5.71 Å². The van der Waals surface area contributed by atoms with Crippen molar-refractivity contribution in [3.63, 3.8) is 0 Å². The van der Waals surface area contributed by atoms with Gasteiger partial charge in [-0.15, -0.1) is 22.2 Å². The summed E-state index contributed by atoms with van der Waals surface area (Å²) in [4.78, 5) is 18.4. The smallest absolute Gasteiger partial charge is 0.175 e. The molecule has 0 amide bonds. The van der Waals surface area contributed by atoms with Gasteiger partial charge in [0.15, 0.2) is 10.00 Å². The van der Waals surface area contributed by atoms with Crippen LogP contribution in [0, 0.1) is 9.81 Å². The van der Waals surface area contributed by atoms with E-state index in [4.69, 9.17) is 28.4 Å². The van der Waals surface area contributed by atoms with Gasteiger partial charge < -0.3 is 5.21 Å². The highest BCUT2D eigenvalue weighted by molar-refractivity contribution is 6.85. The van der Waals surface area contributed by atoms with Gasteiger partial charge in [-0.1, -0.05) is 28.4 Å². The summed E-state index contributed by atoms with van der Waals surface area (Å²) in [5.41, 5.74) is 0.972. The molecule has 0 bridgehead atoms. The molecule has 0 aromatic carbocycles. The molecule has 0 aliphatic heterocycles. The lowest BCUT2D eigenvalue weighted by atomic mass is 10.3. The number of oxime groups is 1. The molecule has 0 atom stereocenters. The molecule has 0 saturated heterocycles. The summed E-state index contributed by atoms with van der Waals surface area (Å²) < 4.78 is 0. The van der Waals surface area contributed by atoms with E-state index in [1.165, 1.54) is 12.8 Å². The highest BCUT2D eigenvalue weighted by atomic mass is 36.5. The summed E-state index contributed by atoms with van der Waals surface area (Å²) >= 11 is 11.4. The Bertz CT molecular complexity index is 381. The van der Waals surface area contributed by atoms with Crippen LogP contribution >= 0.6 is 57.3 Å². The second-order valence-corrected chi connectivity index (χ2v) is 7.71. The minimum Gasteiger partial charge on any atom is -0.411 e. The Labute approximate surface area is 180 Å². The molecule has 11 heteroatoms. The average Bonchev–Trinajstić information content (AvgIpc) is 3.40. The van der Waals surface area contributed by atoms with Gasteiger partial charge in [-0.3, -0.25) is 0 Å². The molecule has 1 N–H and O–H groups in total. The van der Waals surface area contributed by atoms with Crippen LogP contribution in [0.5, 0.6) is 0 Å². The quantitative estimate of drug-likeness (QED) is 0.146. The molecule has 0 unspecified atom stereocenters. The molecule has 3 aliphatic carbocycles. The molecule has 0 heterocycles. The Morgan fingerprint density at radius 2 is 1.04 bits per heavy atom. The average molecular weight is 474 g/mol. The van der Waals surface area contributed by atoms with Gasteiger partial charge >= 0.3 is 0 Å². The molecule has 3 fully saturated rings. The first kappa shape index (κ1) is 28.3. The van der Waals surface area contributed by atoms with Gasteiger partial charge in [-0.05, 0) is 87.4 Å². The predicted octanol–water partition coefficient (Wildman–Crippen LogP) is 7.72. The fourth-order valence-corrected chi connectivity index (χ4v) is 3.43. The Balaban J connectivity index is 0. The number of alkyl halides is 2. The zero-order valence-electron chi connectivity index (χ0n) is 14.5. The van der Waals surface area contributed by atoms with Crippen molar-refractivity contribution in [1.82, 2.24) is 0 Å². The lowest BCUT2D eigenvalue weighted by Gasteiger charge is -2.06. The van der Waals surface area contributed by atoms with E-state index < -0.39 is 10.00 Å². The second-order valence-electron chi connectivity index (χ2n) is 6.31. The van der Waals surface area contributed by atoms with Gasteiger partial charge in [-0.2, -0.15) is 0 Å². The van der Waals surface area contributed by atoms with Crippen molar-refractivity contribution in [2.24, 2.45) is 15.5 Å². The molecule has 0 aromatic heterocycles. The first-order chi connectivity index (χ1) is 12.0. The fourth-order valence-electron chi connectivity index (χ4n) is 2.90. The summed E-state index contributed by atoms with van der Waals surface area (Å²) in [5.74, 6) is 0. The number of halogens is 5. The minimum atomic E-state index is -0.722. The van der Waals surface area contributed by atoms with Crippen LogP contribution < -0.4 is 0 Å². The number of nitrogens with zero attached hydrogens (tertiary/aromatic N) is 3. The molecule has 26 heavy (non-hydrogen) atoms. The van der Waals surface area contributed by atoms with E-state index in [2.05, 4.69) is 37.2 Å². The molecule has 3 aliphatic rings. The normalized spacial score (nSPS) is 21.5. The van der Waals surface area contributed by atoms with E-state index >= 15 is 0 Å². The van der Waals surface area contributed by atoms with Crippen molar-refractivity contribution < 1.29 is 5.21 Å². The standard InChI is InChI=1S/2C5H8ClNO.C5H9NO.Cl2.ClH/c2*6-5(7-8)3-1-2-4-5;7-6-5-3-1-2-4-5;1-2;/h2*1-4H2;7H,1-4H2;;1H. The Morgan fingerprint density at radius 1 is 0.731 bits per heavy atom. The largest absolute Gasteiger partial charge is 0.411 e. The summed E-state index contributed by atoms with van der Waals surface area (Å²) in [5, 5.41) is 16.9. The molecular formula is C15H26Cl5N3O3. The van der Waals surface area contributed by atoms with Crippen molar-refractivity contribution >= 4 is 63.0 Å². The van der Waals surface area contributed by atoms with Crippen LogP contribution in [0.3, 0.4) is 0 Å². The van der Waals surface area contributed by atoms with E-state index in [1.54, 1.807) is 0 Å². The van der Waals surface area contributed by atoms with Crippen LogP contribution in [0.25, 0.3) is 0 Å². The zero-order chi connectivity index (χ0) is 19.2. The van der Waals surface area contributed by atoms with Crippen molar-refractivity contribution in [3.8, 4) is 0 Å². The summed E-state index contributed by atoms with van der Waals surface area (Å²) in [6.45, 7) is 0. The Hall–Kier alpha value is 0.120. The fraction of sp³-hybridized carbons (Fsp3) is 0.933. The van der Waals surface area contributed by atoms with E-state index in [0.717, 1.165) is 69.9 Å². The summed E-state index contributed by atoms with van der Waals surface area (Å²) in [6, 6.07) is 0. The lowest BCUT2D eigenvalue weighted by molar-refractivity contribution is 0.317. The number of nitroso groups, excluding NO2 is 2. The molecule has 3 rings (SSSR count). The lowest BCUT2D eigenvalue weighted by Crippen LogP contribution is -2.09. The maximum atomic E-state index is 9.95. The van der Waals surface area contributed by atoms with Crippen LogP contribution in [0.2, 0.25) is 0 Å². The third-order valence-corrected chi connectivity index (χ3v) is 5.28. The van der Waals surface area contributed by atoms with Gasteiger partial charge in [0, 0.05) is 21.7 Å². The molecule has 6 nitrogen and oxygen atoms in total. The van der Waals surface area contributed by atoms with Crippen LogP contribution in [0.15, 0.2) is 15.5 Å². The van der Waals surface area contributed by atoms with Crippen molar-refractivity contribution in [1.29, 1.82) is 0 Å². The van der Waals surface area contributed by atoms with E-state index in [0.29, 0.717) is 0 Å². The van der Waals surface area contributed by atoms with E-state index in [9.17, 15) is 9.81 Å². The van der Waals surface area contributed by atoms with E-state index in [-0.39, 0.29) is 12.4 Å². The van der Waals surface area contributed by atoms with Crippen LogP contribution in [-0.4, -0.2) is 20.9 Å². The highest BCUT2D eigenvalue weighted by Gasteiger charge is 2.32. The number of hydrogen-bond acceptors (Lipinski definition) is 6. The maximum Gasteiger partial charge on any atom is 0.175 e. The summed E-state index contributed by atoms with van der Waals surface area (Å²) in [6.07, 6.45) is 11.7. The molecule has 0 spiro atoms. The third-order valence-electron chi connectivity index (χ3n) is 4.39. The maximum absolute atomic E-state index is 9.95. The van der Waals surface area contributed by atoms with Crippen LogP contribution in [0.4, 0.5) is 0 Å².